The van der Waals surface area contributed by atoms with Gasteiger partial charge in [0.2, 0.25) is 5.91 Å². The van der Waals surface area contributed by atoms with Crippen molar-refractivity contribution in [2.45, 2.75) is 40.5 Å². The summed E-state index contributed by atoms with van der Waals surface area (Å²) in [6, 6.07) is 2.17. The summed E-state index contributed by atoms with van der Waals surface area (Å²) in [6.07, 6.45) is 1.49. The molecule has 0 fully saturated rings. The van der Waals surface area contributed by atoms with Gasteiger partial charge in [-0.25, -0.2) is 0 Å². The Labute approximate surface area is 105 Å². The van der Waals surface area contributed by atoms with Crippen LogP contribution in [-0.2, 0) is 4.79 Å². The van der Waals surface area contributed by atoms with Gasteiger partial charge in [-0.15, -0.1) is 0 Å². The highest BCUT2D eigenvalue weighted by Gasteiger charge is 2.16. The lowest BCUT2D eigenvalue weighted by Crippen LogP contribution is -2.37. The van der Waals surface area contributed by atoms with Gasteiger partial charge in [-0.05, 0) is 11.8 Å². The Hall–Kier alpha value is -1.08. The first-order chi connectivity index (χ1) is 7.89. The maximum atomic E-state index is 11.3. The van der Waals surface area contributed by atoms with Crippen LogP contribution >= 0.6 is 0 Å². The molecule has 98 valence electrons. The quantitative estimate of drug-likeness (QED) is 0.633. The number of rotatable bonds is 8. The van der Waals surface area contributed by atoms with Crippen molar-refractivity contribution < 1.29 is 4.79 Å². The van der Waals surface area contributed by atoms with Gasteiger partial charge < -0.3 is 10.6 Å². The second kappa shape index (κ2) is 8.08. The van der Waals surface area contributed by atoms with Crippen molar-refractivity contribution in [1.29, 1.82) is 5.26 Å². The van der Waals surface area contributed by atoms with Gasteiger partial charge in [0.05, 0.1) is 6.07 Å². The van der Waals surface area contributed by atoms with Crippen LogP contribution in [-0.4, -0.2) is 25.5 Å². The van der Waals surface area contributed by atoms with Gasteiger partial charge in [-0.3, -0.25) is 4.79 Å². The molecule has 0 aromatic carbocycles. The molecule has 0 aliphatic heterocycles. The van der Waals surface area contributed by atoms with Gasteiger partial charge in [0.25, 0.3) is 0 Å². The van der Waals surface area contributed by atoms with Crippen LogP contribution in [0.5, 0.6) is 0 Å². The number of hydrogen-bond acceptors (Lipinski definition) is 3. The SMILES string of the molecule is CC(C)C(=O)NCCNCC(C)(C)CCC#N. The highest BCUT2D eigenvalue weighted by molar-refractivity contribution is 5.77. The summed E-state index contributed by atoms with van der Waals surface area (Å²) in [5.74, 6) is 0.137. The van der Waals surface area contributed by atoms with Crippen molar-refractivity contribution in [1.82, 2.24) is 10.6 Å². The Bertz CT molecular complexity index is 266. The predicted molar refractivity (Wildman–Crippen MR) is 69.3 cm³/mol. The molecule has 0 bridgehead atoms. The highest BCUT2D eigenvalue weighted by Crippen LogP contribution is 2.20. The molecule has 0 unspecified atom stereocenters. The molecule has 0 aliphatic rings. The molecule has 0 aromatic heterocycles. The lowest BCUT2D eigenvalue weighted by Gasteiger charge is -2.23. The summed E-state index contributed by atoms with van der Waals surface area (Å²) in [4.78, 5) is 11.3. The number of hydrogen-bond donors (Lipinski definition) is 2. The van der Waals surface area contributed by atoms with Crippen LogP contribution in [0.1, 0.15) is 40.5 Å². The fraction of sp³-hybridized carbons (Fsp3) is 0.846. The van der Waals surface area contributed by atoms with Crippen LogP contribution in [0, 0.1) is 22.7 Å². The Kier molecular flexibility index (Phi) is 7.56. The zero-order chi connectivity index (χ0) is 13.3. The average Bonchev–Trinajstić information content (AvgIpc) is 2.25. The summed E-state index contributed by atoms with van der Waals surface area (Å²) in [6.45, 7) is 10.3. The van der Waals surface area contributed by atoms with E-state index in [0.29, 0.717) is 13.0 Å². The molecule has 4 nitrogen and oxygen atoms in total. The zero-order valence-corrected chi connectivity index (χ0v) is 11.5. The van der Waals surface area contributed by atoms with Crippen molar-refractivity contribution in [2.75, 3.05) is 19.6 Å². The molecule has 4 heteroatoms. The molecule has 0 atom stereocenters. The number of nitrogens with one attached hydrogen (secondary N) is 2. The van der Waals surface area contributed by atoms with E-state index in [2.05, 4.69) is 30.6 Å². The molecule has 0 heterocycles. The standard InChI is InChI=1S/C13H25N3O/c1-11(2)12(17)16-9-8-15-10-13(3,4)6-5-7-14/h11,15H,5-6,8-10H2,1-4H3,(H,16,17). The van der Waals surface area contributed by atoms with Crippen LogP contribution in [0.3, 0.4) is 0 Å². The fourth-order valence-corrected chi connectivity index (χ4v) is 1.39. The van der Waals surface area contributed by atoms with Gasteiger partial charge in [0, 0.05) is 32.0 Å². The van der Waals surface area contributed by atoms with Crippen LogP contribution in [0.15, 0.2) is 0 Å². The second-order valence-electron chi connectivity index (χ2n) is 5.44. The van der Waals surface area contributed by atoms with Crippen molar-refractivity contribution in [2.24, 2.45) is 11.3 Å². The van der Waals surface area contributed by atoms with Gasteiger partial charge in [0.15, 0.2) is 0 Å². The van der Waals surface area contributed by atoms with Crippen LogP contribution in [0.4, 0.5) is 0 Å². The van der Waals surface area contributed by atoms with E-state index in [9.17, 15) is 4.79 Å². The normalized spacial score (nSPS) is 11.3. The Balaban J connectivity index is 3.57. The third kappa shape index (κ3) is 8.70. The lowest BCUT2D eigenvalue weighted by atomic mass is 9.88. The summed E-state index contributed by atoms with van der Waals surface area (Å²) < 4.78 is 0. The molecule has 0 aromatic rings. The summed E-state index contributed by atoms with van der Waals surface area (Å²) in [5.41, 5.74) is 0.137. The largest absolute Gasteiger partial charge is 0.355 e. The number of carbonyl (C=O) groups excluding carboxylic acids is 1. The Morgan fingerprint density at radius 1 is 1.35 bits per heavy atom. The molecule has 0 rings (SSSR count). The smallest absolute Gasteiger partial charge is 0.222 e. The fourth-order valence-electron chi connectivity index (χ4n) is 1.39. The van der Waals surface area contributed by atoms with Crippen molar-refractivity contribution in [3.63, 3.8) is 0 Å². The second-order valence-corrected chi connectivity index (χ2v) is 5.44. The van der Waals surface area contributed by atoms with Gasteiger partial charge >= 0.3 is 0 Å². The van der Waals surface area contributed by atoms with E-state index in [1.165, 1.54) is 0 Å². The van der Waals surface area contributed by atoms with Gasteiger partial charge in [-0.1, -0.05) is 27.7 Å². The Morgan fingerprint density at radius 2 is 2.00 bits per heavy atom. The minimum Gasteiger partial charge on any atom is -0.355 e. The van der Waals surface area contributed by atoms with Gasteiger partial charge in [-0.2, -0.15) is 5.26 Å². The van der Waals surface area contributed by atoms with E-state index in [0.717, 1.165) is 19.5 Å². The first kappa shape index (κ1) is 15.9. The summed E-state index contributed by atoms with van der Waals surface area (Å²) >= 11 is 0. The number of carbonyl (C=O) groups is 1. The molecule has 17 heavy (non-hydrogen) atoms. The minimum atomic E-state index is 0.0436. The van der Waals surface area contributed by atoms with Crippen molar-refractivity contribution in [3.8, 4) is 6.07 Å². The third-order valence-electron chi connectivity index (χ3n) is 2.64. The highest BCUT2D eigenvalue weighted by atomic mass is 16.1. The van der Waals surface area contributed by atoms with Crippen LogP contribution in [0.25, 0.3) is 0 Å². The number of nitriles is 1. The van der Waals surface area contributed by atoms with Crippen LogP contribution < -0.4 is 10.6 Å². The monoisotopic (exact) mass is 239 g/mol. The van der Waals surface area contributed by atoms with E-state index in [1.54, 1.807) is 0 Å². The molecular weight excluding hydrogens is 214 g/mol. The predicted octanol–water partition coefficient (Wildman–Crippen LogP) is 1.68. The van der Waals surface area contributed by atoms with Crippen molar-refractivity contribution in [3.05, 3.63) is 0 Å². The first-order valence-electron chi connectivity index (χ1n) is 6.24. The molecule has 1 amide bonds. The Morgan fingerprint density at radius 3 is 2.53 bits per heavy atom. The molecule has 0 aliphatic carbocycles. The lowest BCUT2D eigenvalue weighted by molar-refractivity contribution is -0.123. The van der Waals surface area contributed by atoms with E-state index >= 15 is 0 Å². The third-order valence-corrected chi connectivity index (χ3v) is 2.64. The van der Waals surface area contributed by atoms with Gasteiger partial charge in [0.1, 0.15) is 0 Å². The molecule has 0 spiro atoms. The summed E-state index contributed by atoms with van der Waals surface area (Å²) in [5, 5.41) is 14.7. The van der Waals surface area contributed by atoms with Crippen LogP contribution in [0.2, 0.25) is 0 Å². The first-order valence-corrected chi connectivity index (χ1v) is 6.24. The summed E-state index contributed by atoms with van der Waals surface area (Å²) in [7, 11) is 0. The number of nitrogens with zero attached hydrogens (tertiary/aromatic N) is 1. The number of amides is 1. The molecule has 0 radical (unpaired) electrons. The van der Waals surface area contributed by atoms with E-state index in [-0.39, 0.29) is 17.2 Å². The minimum absolute atomic E-state index is 0.0436. The van der Waals surface area contributed by atoms with E-state index in [1.807, 2.05) is 13.8 Å². The zero-order valence-electron chi connectivity index (χ0n) is 11.5. The molecule has 0 saturated heterocycles. The average molecular weight is 239 g/mol. The maximum absolute atomic E-state index is 11.3. The maximum Gasteiger partial charge on any atom is 0.222 e. The molecular formula is C13H25N3O. The van der Waals surface area contributed by atoms with E-state index in [4.69, 9.17) is 5.26 Å². The van der Waals surface area contributed by atoms with Crippen molar-refractivity contribution >= 4 is 5.91 Å². The van der Waals surface area contributed by atoms with E-state index < -0.39 is 0 Å². The topological polar surface area (TPSA) is 64.9 Å². The molecule has 0 saturated carbocycles. The molecule has 2 N–H and O–H groups in total.